The van der Waals surface area contributed by atoms with Gasteiger partial charge in [-0.15, -0.1) is 11.8 Å². The number of hydrogen-bond donors (Lipinski definition) is 1. The fraction of sp³-hybridized carbons (Fsp3) is 0.909. The van der Waals surface area contributed by atoms with Crippen LogP contribution in [0.25, 0.3) is 0 Å². The number of nitrogens with one attached hydrogen (secondary N) is 1. The van der Waals surface area contributed by atoms with Crippen molar-refractivity contribution in [3.8, 4) is 0 Å². The molecule has 2 saturated heterocycles. The van der Waals surface area contributed by atoms with Crippen LogP contribution in [0.15, 0.2) is 0 Å². The summed E-state index contributed by atoms with van der Waals surface area (Å²) in [4.78, 5) is 14.1. The molecule has 1 atom stereocenters. The summed E-state index contributed by atoms with van der Waals surface area (Å²) in [6.45, 7) is 3.75. The highest BCUT2D eigenvalue weighted by atomic mass is 32.2. The van der Waals surface area contributed by atoms with E-state index < -0.39 is 10.0 Å². The van der Waals surface area contributed by atoms with Crippen molar-refractivity contribution >= 4 is 27.7 Å². The Kier molecular flexibility index (Phi) is 5.10. The van der Waals surface area contributed by atoms with Crippen molar-refractivity contribution < 1.29 is 13.2 Å². The molecule has 2 fully saturated rings. The average molecular weight is 307 g/mol. The van der Waals surface area contributed by atoms with Crippen LogP contribution in [0.4, 0.5) is 0 Å². The summed E-state index contributed by atoms with van der Waals surface area (Å²) in [5, 5.41) is 3.17. The predicted molar refractivity (Wildman–Crippen MR) is 76.5 cm³/mol. The molecule has 1 amide bonds. The van der Waals surface area contributed by atoms with Gasteiger partial charge in [0.2, 0.25) is 15.9 Å². The summed E-state index contributed by atoms with van der Waals surface area (Å²) in [5.74, 6) is 1.87. The lowest BCUT2D eigenvalue weighted by atomic mass is 10.2. The molecule has 1 N–H and O–H groups in total. The van der Waals surface area contributed by atoms with Crippen molar-refractivity contribution in [1.82, 2.24) is 14.5 Å². The first-order chi connectivity index (χ1) is 9.04. The van der Waals surface area contributed by atoms with Crippen LogP contribution in [0.5, 0.6) is 0 Å². The van der Waals surface area contributed by atoms with Gasteiger partial charge in [0, 0.05) is 37.8 Å². The normalized spacial score (nSPS) is 26.4. The van der Waals surface area contributed by atoms with Crippen LogP contribution in [0.1, 0.15) is 13.3 Å². The molecule has 2 rings (SSSR count). The van der Waals surface area contributed by atoms with Gasteiger partial charge in [-0.1, -0.05) is 0 Å². The van der Waals surface area contributed by atoms with Crippen molar-refractivity contribution in [3.63, 3.8) is 0 Å². The maximum Gasteiger partial charge on any atom is 0.240 e. The fourth-order valence-corrected chi connectivity index (χ4v) is 4.41. The quantitative estimate of drug-likeness (QED) is 0.763. The van der Waals surface area contributed by atoms with Crippen molar-refractivity contribution in [2.75, 3.05) is 43.6 Å². The van der Waals surface area contributed by atoms with Gasteiger partial charge in [-0.25, -0.2) is 12.7 Å². The van der Waals surface area contributed by atoms with Crippen LogP contribution < -0.4 is 5.32 Å². The zero-order chi connectivity index (χ0) is 13.9. The third-order valence-corrected chi connectivity index (χ3v) is 6.36. The molecule has 2 heterocycles. The molecule has 0 aliphatic carbocycles. The Bertz CT molecular complexity index is 421. The molecule has 8 heteroatoms. The molecular formula is C11H21N3O3S2. The van der Waals surface area contributed by atoms with Crippen LogP contribution in [0, 0.1) is 0 Å². The molecule has 6 nitrogen and oxygen atoms in total. The predicted octanol–water partition coefficient (Wildman–Crippen LogP) is -0.467. The maximum absolute atomic E-state index is 12.3. The highest BCUT2D eigenvalue weighted by Gasteiger charge is 2.30. The van der Waals surface area contributed by atoms with Gasteiger partial charge in [0.15, 0.2) is 0 Å². The van der Waals surface area contributed by atoms with E-state index in [-0.39, 0.29) is 17.7 Å². The van der Waals surface area contributed by atoms with Gasteiger partial charge in [-0.05, 0) is 13.3 Å². The van der Waals surface area contributed by atoms with Gasteiger partial charge in [-0.2, -0.15) is 0 Å². The number of amides is 1. The molecule has 0 aromatic rings. The van der Waals surface area contributed by atoms with Gasteiger partial charge in [-0.3, -0.25) is 10.1 Å². The number of carbonyl (C=O) groups is 1. The fourth-order valence-electron chi connectivity index (χ4n) is 2.35. The highest BCUT2D eigenvalue weighted by molar-refractivity contribution is 7.99. The van der Waals surface area contributed by atoms with Gasteiger partial charge in [0.25, 0.3) is 0 Å². The number of thioether (sulfide) groups is 1. The minimum Gasteiger partial charge on any atom is -0.340 e. The van der Waals surface area contributed by atoms with E-state index in [1.54, 1.807) is 23.6 Å². The number of sulfonamides is 1. The summed E-state index contributed by atoms with van der Waals surface area (Å²) in [6.07, 6.45) is 0.713. The zero-order valence-electron chi connectivity index (χ0n) is 11.2. The number of nitrogens with zero attached hydrogens (tertiary/aromatic N) is 2. The van der Waals surface area contributed by atoms with Crippen LogP contribution in [0.3, 0.4) is 0 Å². The summed E-state index contributed by atoms with van der Waals surface area (Å²) in [6, 6.07) is -0.0978. The molecular weight excluding hydrogens is 286 g/mol. The minimum atomic E-state index is -3.14. The molecule has 2 aliphatic rings. The second-order valence-corrected chi connectivity index (χ2v) is 8.04. The minimum absolute atomic E-state index is 0.0978. The van der Waals surface area contributed by atoms with Crippen LogP contribution >= 0.6 is 11.8 Å². The van der Waals surface area contributed by atoms with Gasteiger partial charge >= 0.3 is 0 Å². The molecule has 1 unspecified atom stereocenters. The molecule has 2 aliphatic heterocycles. The molecule has 0 bridgehead atoms. The van der Waals surface area contributed by atoms with Crippen LogP contribution in [0.2, 0.25) is 0 Å². The van der Waals surface area contributed by atoms with E-state index in [1.807, 2.05) is 0 Å². The lowest BCUT2D eigenvalue weighted by molar-refractivity contribution is -0.132. The third kappa shape index (κ3) is 3.62. The lowest BCUT2D eigenvalue weighted by Gasteiger charge is -2.24. The molecule has 0 aromatic heterocycles. The number of hydrogen-bond acceptors (Lipinski definition) is 5. The summed E-state index contributed by atoms with van der Waals surface area (Å²) >= 11 is 1.72. The van der Waals surface area contributed by atoms with Gasteiger partial charge < -0.3 is 4.90 Å². The monoisotopic (exact) mass is 307 g/mol. The summed E-state index contributed by atoms with van der Waals surface area (Å²) < 4.78 is 25.2. The molecule has 0 aromatic carbocycles. The largest absolute Gasteiger partial charge is 0.340 e. The Morgan fingerprint density at radius 2 is 2.11 bits per heavy atom. The Morgan fingerprint density at radius 3 is 2.74 bits per heavy atom. The van der Waals surface area contributed by atoms with E-state index in [0.717, 1.165) is 11.6 Å². The van der Waals surface area contributed by atoms with E-state index in [0.29, 0.717) is 32.6 Å². The van der Waals surface area contributed by atoms with E-state index in [1.165, 1.54) is 4.31 Å². The SMILES string of the molecule is CCS(=O)(=O)N1CCCN(C(=O)C2CSCN2)CC1. The van der Waals surface area contributed by atoms with E-state index in [4.69, 9.17) is 0 Å². The molecule has 0 saturated carbocycles. The van der Waals surface area contributed by atoms with Gasteiger partial charge in [0.05, 0.1) is 11.8 Å². The molecule has 110 valence electrons. The second-order valence-electron chi connectivity index (χ2n) is 4.75. The highest BCUT2D eigenvalue weighted by Crippen LogP contribution is 2.14. The first-order valence-corrected chi connectivity index (χ1v) is 9.38. The number of rotatable bonds is 3. The van der Waals surface area contributed by atoms with Crippen molar-refractivity contribution in [1.29, 1.82) is 0 Å². The zero-order valence-corrected chi connectivity index (χ0v) is 12.8. The van der Waals surface area contributed by atoms with Crippen LogP contribution in [-0.2, 0) is 14.8 Å². The van der Waals surface area contributed by atoms with E-state index in [2.05, 4.69) is 5.32 Å². The summed E-state index contributed by atoms with van der Waals surface area (Å²) in [7, 11) is -3.14. The Morgan fingerprint density at radius 1 is 1.32 bits per heavy atom. The smallest absolute Gasteiger partial charge is 0.240 e. The molecule has 0 spiro atoms. The van der Waals surface area contributed by atoms with Crippen molar-refractivity contribution in [3.05, 3.63) is 0 Å². The molecule has 0 radical (unpaired) electrons. The van der Waals surface area contributed by atoms with Gasteiger partial charge in [0.1, 0.15) is 0 Å². The Hall–Kier alpha value is -0.310. The van der Waals surface area contributed by atoms with E-state index in [9.17, 15) is 13.2 Å². The first-order valence-electron chi connectivity index (χ1n) is 6.62. The Balaban J connectivity index is 1.94. The van der Waals surface area contributed by atoms with Crippen LogP contribution in [-0.4, -0.2) is 73.1 Å². The van der Waals surface area contributed by atoms with Crippen molar-refractivity contribution in [2.45, 2.75) is 19.4 Å². The Labute approximate surface area is 118 Å². The molecule has 19 heavy (non-hydrogen) atoms. The maximum atomic E-state index is 12.3. The summed E-state index contributed by atoms with van der Waals surface area (Å²) in [5.41, 5.74) is 0. The number of carbonyl (C=O) groups excluding carboxylic acids is 1. The standard InChI is InChI=1S/C11H21N3O3S2/c1-2-19(16,17)14-5-3-4-13(6-7-14)11(15)10-8-18-9-12-10/h10,12H,2-9H2,1H3. The third-order valence-electron chi connectivity index (χ3n) is 3.54. The van der Waals surface area contributed by atoms with Crippen molar-refractivity contribution in [2.24, 2.45) is 0 Å². The average Bonchev–Trinajstić information content (AvgIpc) is 2.81. The van der Waals surface area contributed by atoms with E-state index >= 15 is 0 Å². The topological polar surface area (TPSA) is 69.7 Å². The first kappa shape index (κ1) is 15.1. The lowest BCUT2D eigenvalue weighted by Crippen LogP contribution is -2.46. The second kappa shape index (κ2) is 6.43.